The molecule has 2 N–H and O–H groups in total. The maximum atomic E-state index is 11.9. The summed E-state index contributed by atoms with van der Waals surface area (Å²) in [4.78, 5) is 27.4. The molecule has 0 saturated heterocycles. The second-order valence-electron chi connectivity index (χ2n) is 4.91. The number of hydrogen-bond acceptors (Lipinski definition) is 7. The minimum atomic E-state index is -0.716. The molecule has 8 heteroatoms. The van der Waals surface area contributed by atoms with Crippen LogP contribution in [0.4, 0.5) is 11.5 Å². The van der Waals surface area contributed by atoms with Gasteiger partial charge in [-0.15, -0.1) is 0 Å². The summed E-state index contributed by atoms with van der Waals surface area (Å²) in [5.41, 5.74) is 7.63. The molecule has 2 rings (SSSR count). The van der Waals surface area contributed by atoms with Crippen molar-refractivity contribution in [3.63, 3.8) is 0 Å². The molecule has 0 amide bonds. The zero-order valence-corrected chi connectivity index (χ0v) is 14.1. The van der Waals surface area contributed by atoms with E-state index in [0.29, 0.717) is 11.4 Å². The van der Waals surface area contributed by atoms with Crippen LogP contribution in [0.15, 0.2) is 47.5 Å². The van der Waals surface area contributed by atoms with Crippen molar-refractivity contribution >= 4 is 29.2 Å². The van der Waals surface area contributed by atoms with Crippen LogP contribution in [-0.2, 0) is 19.1 Å². The number of aromatic nitrogens is 2. The van der Waals surface area contributed by atoms with Gasteiger partial charge in [-0.05, 0) is 25.1 Å². The Bertz CT molecular complexity index is 838. The van der Waals surface area contributed by atoms with Crippen LogP contribution >= 0.6 is 0 Å². The second kappa shape index (κ2) is 7.91. The standard InChI is InChI=1S/C17H18N4O4/c1-11-15(16(18)21(20-11)12-7-5-4-6-8-12)19-13(17(23)25-3)9-10-14(22)24-2/h4-10H,18H2,1-3H3/b10-9+,19-13?. The number of benzene rings is 1. The number of rotatable bonds is 5. The number of para-hydroxylation sites is 1. The molecule has 8 nitrogen and oxygen atoms in total. The molecular weight excluding hydrogens is 324 g/mol. The maximum Gasteiger partial charge on any atom is 0.356 e. The van der Waals surface area contributed by atoms with Crippen molar-refractivity contribution in [2.45, 2.75) is 6.92 Å². The molecule has 130 valence electrons. The molecule has 0 fully saturated rings. The molecule has 1 aromatic carbocycles. The number of esters is 2. The minimum absolute atomic E-state index is 0.102. The summed E-state index contributed by atoms with van der Waals surface area (Å²) in [6.45, 7) is 1.72. The number of ether oxygens (including phenoxy) is 2. The average Bonchev–Trinajstić information content (AvgIpc) is 2.92. The van der Waals surface area contributed by atoms with E-state index >= 15 is 0 Å². The van der Waals surface area contributed by atoms with Gasteiger partial charge in [0.15, 0.2) is 5.82 Å². The highest BCUT2D eigenvalue weighted by molar-refractivity contribution is 6.42. The van der Waals surface area contributed by atoms with Crippen molar-refractivity contribution < 1.29 is 19.1 Å². The molecule has 0 spiro atoms. The predicted molar refractivity (Wildman–Crippen MR) is 93.0 cm³/mol. The zero-order valence-electron chi connectivity index (χ0n) is 14.1. The van der Waals surface area contributed by atoms with Crippen LogP contribution in [0.25, 0.3) is 5.69 Å². The lowest BCUT2D eigenvalue weighted by Crippen LogP contribution is -2.14. The summed E-state index contributed by atoms with van der Waals surface area (Å²) < 4.78 is 10.7. The first-order chi connectivity index (χ1) is 12.0. The lowest BCUT2D eigenvalue weighted by atomic mass is 10.3. The molecule has 0 aliphatic carbocycles. The minimum Gasteiger partial charge on any atom is -0.466 e. The molecule has 0 bridgehead atoms. The van der Waals surface area contributed by atoms with E-state index in [2.05, 4.69) is 19.6 Å². The second-order valence-corrected chi connectivity index (χ2v) is 4.91. The van der Waals surface area contributed by atoms with E-state index in [-0.39, 0.29) is 11.5 Å². The maximum absolute atomic E-state index is 11.9. The summed E-state index contributed by atoms with van der Waals surface area (Å²) in [7, 11) is 2.45. The van der Waals surface area contributed by atoms with Gasteiger partial charge >= 0.3 is 11.9 Å². The lowest BCUT2D eigenvalue weighted by molar-refractivity contribution is -0.134. The Hall–Kier alpha value is -3.42. The molecule has 0 aliphatic heterocycles. The Kier molecular flexibility index (Phi) is 5.67. The third-order valence-corrected chi connectivity index (χ3v) is 3.27. The Balaban J connectivity index is 2.49. The zero-order chi connectivity index (χ0) is 18.4. The van der Waals surface area contributed by atoms with E-state index < -0.39 is 11.9 Å². The fourth-order valence-electron chi connectivity index (χ4n) is 2.03. The summed E-state index contributed by atoms with van der Waals surface area (Å²) in [5, 5.41) is 4.35. The van der Waals surface area contributed by atoms with Crippen LogP contribution in [0, 0.1) is 6.92 Å². The highest BCUT2D eigenvalue weighted by atomic mass is 16.5. The fraction of sp³-hybridized carbons (Fsp3) is 0.176. The molecule has 1 aromatic heterocycles. The van der Waals surface area contributed by atoms with E-state index in [9.17, 15) is 9.59 Å². The van der Waals surface area contributed by atoms with Crippen molar-refractivity contribution in [1.82, 2.24) is 9.78 Å². The van der Waals surface area contributed by atoms with Crippen LogP contribution < -0.4 is 5.73 Å². The number of aryl methyl sites for hydroxylation is 1. The first-order valence-electron chi connectivity index (χ1n) is 7.31. The topological polar surface area (TPSA) is 109 Å². The molecule has 2 aromatic rings. The molecule has 0 radical (unpaired) electrons. The van der Waals surface area contributed by atoms with E-state index in [1.54, 1.807) is 6.92 Å². The number of carbonyl (C=O) groups is 2. The highest BCUT2D eigenvalue weighted by Crippen LogP contribution is 2.29. The molecular formula is C17H18N4O4. The highest BCUT2D eigenvalue weighted by Gasteiger charge is 2.16. The fourth-order valence-corrected chi connectivity index (χ4v) is 2.03. The SMILES string of the molecule is COC(=O)/C=C/C(=Nc1c(C)nn(-c2ccccc2)c1N)C(=O)OC. The van der Waals surface area contributed by atoms with Gasteiger partial charge in [0.1, 0.15) is 11.4 Å². The van der Waals surface area contributed by atoms with Crippen LogP contribution in [-0.4, -0.2) is 41.7 Å². The Morgan fingerprint density at radius 2 is 1.84 bits per heavy atom. The van der Waals surface area contributed by atoms with Gasteiger partial charge in [-0.3, -0.25) is 0 Å². The average molecular weight is 342 g/mol. The van der Waals surface area contributed by atoms with Crippen molar-refractivity contribution in [2.24, 2.45) is 4.99 Å². The van der Waals surface area contributed by atoms with Crippen LogP contribution in [0.1, 0.15) is 5.69 Å². The van der Waals surface area contributed by atoms with Gasteiger partial charge in [-0.25, -0.2) is 19.3 Å². The van der Waals surface area contributed by atoms with Crippen molar-refractivity contribution in [3.8, 4) is 5.69 Å². The quantitative estimate of drug-likeness (QED) is 0.503. The number of nitrogens with two attached hydrogens (primary N) is 1. The van der Waals surface area contributed by atoms with Crippen LogP contribution in [0.3, 0.4) is 0 Å². The van der Waals surface area contributed by atoms with E-state index in [1.165, 1.54) is 25.0 Å². The predicted octanol–water partition coefficient (Wildman–Crippen LogP) is 1.74. The van der Waals surface area contributed by atoms with E-state index in [1.807, 2.05) is 30.3 Å². The summed E-state index contributed by atoms with van der Waals surface area (Å²) >= 11 is 0. The lowest BCUT2D eigenvalue weighted by Gasteiger charge is -2.03. The number of nitrogens with zero attached hydrogens (tertiary/aromatic N) is 3. The van der Waals surface area contributed by atoms with Crippen molar-refractivity contribution in [2.75, 3.05) is 20.0 Å². The van der Waals surface area contributed by atoms with Crippen molar-refractivity contribution in [1.29, 1.82) is 0 Å². The van der Waals surface area contributed by atoms with Gasteiger partial charge in [0.2, 0.25) is 0 Å². The summed E-state index contributed by atoms with van der Waals surface area (Å²) in [6, 6.07) is 9.27. The Morgan fingerprint density at radius 3 is 2.44 bits per heavy atom. The molecule has 0 unspecified atom stereocenters. The number of methoxy groups -OCH3 is 2. The van der Waals surface area contributed by atoms with E-state index in [4.69, 9.17) is 5.73 Å². The van der Waals surface area contributed by atoms with Gasteiger partial charge in [-0.1, -0.05) is 18.2 Å². The number of nitrogen functional groups attached to an aromatic ring is 1. The first-order valence-corrected chi connectivity index (χ1v) is 7.31. The Labute approximate surface area is 144 Å². The van der Waals surface area contributed by atoms with E-state index in [0.717, 1.165) is 11.8 Å². The summed E-state index contributed by atoms with van der Waals surface area (Å²) in [5.74, 6) is -1.08. The van der Waals surface area contributed by atoms with Crippen LogP contribution in [0.5, 0.6) is 0 Å². The van der Waals surface area contributed by atoms with Gasteiger partial charge in [0.05, 0.1) is 25.6 Å². The monoisotopic (exact) mass is 342 g/mol. The van der Waals surface area contributed by atoms with Crippen molar-refractivity contribution in [3.05, 3.63) is 48.2 Å². The molecule has 25 heavy (non-hydrogen) atoms. The third-order valence-electron chi connectivity index (χ3n) is 3.27. The van der Waals surface area contributed by atoms with Gasteiger partial charge in [0.25, 0.3) is 0 Å². The number of hydrogen-bond donors (Lipinski definition) is 1. The van der Waals surface area contributed by atoms with Crippen LogP contribution in [0.2, 0.25) is 0 Å². The number of carbonyl (C=O) groups excluding carboxylic acids is 2. The largest absolute Gasteiger partial charge is 0.466 e. The van der Waals surface area contributed by atoms with Gasteiger partial charge in [-0.2, -0.15) is 5.10 Å². The smallest absolute Gasteiger partial charge is 0.356 e. The van der Waals surface area contributed by atoms with Gasteiger partial charge in [0, 0.05) is 6.08 Å². The number of anilines is 1. The summed E-state index contributed by atoms with van der Waals surface area (Å²) in [6.07, 6.45) is 2.28. The molecule has 0 aliphatic rings. The molecule has 1 heterocycles. The molecule has 0 saturated carbocycles. The third kappa shape index (κ3) is 4.11. The normalized spacial score (nSPS) is 11.6. The Morgan fingerprint density at radius 1 is 1.16 bits per heavy atom. The molecule has 0 atom stereocenters. The van der Waals surface area contributed by atoms with Gasteiger partial charge < -0.3 is 15.2 Å². The first kappa shape index (κ1) is 17.9. The number of aliphatic imine (C=N–C) groups is 1.